The summed E-state index contributed by atoms with van der Waals surface area (Å²) < 4.78 is 6.80. The van der Waals surface area contributed by atoms with Crippen molar-refractivity contribution >= 4 is 27.7 Å². The van der Waals surface area contributed by atoms with Gasteiger partial charge in [0.2, 0.25) is 5.91 Å². The van der Waals surface area contributed by atoms with Crippen LogP contribution in [-0.4, -0.2) is 48.1 Å². The van der Waals surface area contributed by atoms with Gasteiger partial charge in [-0.3, -0.25) is 9.59 Å². The molecule has 138 valence electrons. The van der Waals surface area contributed by atoms with E-state index in [0.29, 0.717) is 19.3 Å². The monoisotopic (exact) mass is 418 g/mol. The third kappa shape index (κ3) is 2.69. The molecule has 6 heteroatoms. The highest BCUT2D eigenvalue weighted by atomic mass is 79.9. The van der Waals surface area contributed by atoms with Crippen LogP contribution in [0.4, 0.5) is 0 Å². The van der Waals surface area contributed by atoms with Crippen LogP contribution in [0.15, 0.2) is 22.7 Å². The Balaban J connectivity index is 1.32. The van der Waals surface area contributed by atoms with Crippen LogP contribution in [0.3, 0.4) is 0 Å². The number of nitrogens with zero attached hydrogens (tertiary/aromatic N) is 1. The maximum Gasteiger partial charge on any atom is 0.254 e. The van der Waals surface area contributed by atoms with Gasteiger partial charge in [-0.1, -0.05) is 15.9 Å². The van der Waals surface area contributed by atoms with Gasteiger partial charge in [-0.05, 0) is 62.3 Å². The molecular formula is C20H23BrN2O3. The summed E-state index contributed by atoms with van der Waals surface area (Å²) in [7, 11) is 0. The van der Waals surface area contributed by atoms with Crippen molar-refractivity contribution in [3.8, 4) is 0 Å². The highest BCUT2D eigenvalue weighted by Crippen LogP contribution is 2.52. The first-order valence-electron chi connectivity index (χ1n) is 9.51. The lowest BCUT2D eigenvalue weighted by Gasteiger charge is -2.47. The summed E-state index contributed by atoms with van der Waals surface area (Å²) in [5, 5.41) is 3.20. The molecule has 2 saturated heterocycles. The molecule has 5 aliphatic rings. The van der Waals surface area contributed by atoms with E-state index < -0.39 is 0 Å². The van der Waals surface area contributed by atoms with E-state index in [9.17, 15) is 9.59 Å². The van der Waals surface area contributed by atoms with Gasteiger partial charge in [0.25, 0.3) is 5.91 Å². The van der Waals surface area contributed by atoms with Crippen LogP contribution >= 0.6 is 15.9 Å². The summed E-state index contributed by atoms with van der Waals surface area (Å²) in [6.07, 6.45) is 6.56. The standard InChI is InChI=1S/C20H23BrN2O3/c21-13-1-2-15-16(9-13)19(7-8-19)11-23(18(15)25)10-17(24)22-20-5-3-14(4-6-20)26-12-20/h1-2,9,14H,3-8,10-12H2,(H,22,24). The molecule has 26 heavy (non-hydrogen) atoms. The largest absolute Gasteiger partial charge is 0.376 e. The number of carbonyl (C=O) groups is 2. The van der Waals surface area contributed by atoms with E-state index >= 15 is 0 Å². The van der Waals surface area contributed by atoms with E-state index in [1.54, 1.807) is 4.90 Å². The van der Waals surface area contributed by atoms with Crippen LogP contribution < -0.4 is 5.32 Å². The van der Waals surface area contributed by atoms with E-state index in [1.165, 1.54) is 0 Å². The average Bonchev–Trinajstić information content (AvgIpc) is 3.41. The molecule has 0 radical (unpaired) electrons. The lowest BCUT2D eigenvalue weighted by Crippen LogP contribution is -2.60. The van der Waals surface area contributed by atoms with Crippen molar-refractivity contribution in [3.05, 3.63) is 33.8 Å². The quantitative estimate of drug-likeness (QED) is 0.820. The SMILES string of the molecule is O=C(CN1CC2(CC2)c2cc(Br)ccc2C1=O)NC12CCC(CC1)OC2. The molecule has 5 nitrogen and oxygen atoms in total. The van der Waals surface area contributed by atoms with E-state index in [2.05, 4.69) is 27.3 Å². The third-order valence-electron chi connectivity index (χ3n) is 6.64. The van der Waals surface area contributed by atoms with Gasteiger partial charge in [-0.25, -0.2) is 0 Å². The van der Waals surface area contributed by atoms with E-state index in [4.69, 9.17) is 4.74 Å². The predicted octanol–water partition coefficient (Wildman–Crippen LogP) is 2.76. The Bertz CT molecular complexity index is 767. The van der Waals surface area contributed by atoms with E-state index in [1.807, 2.05) is 12.1 Å². The number of hydrogen-bond donors (Lipinski definition) is 1. The molecule has 1 aromatic carbocycles. The molecule has 6 rings (SSSR count). The molecule has 1 spiro atoms. The van der Waals surface area contributed by atoms with Crippen molar-refractivity contribution < 1.29 is 14.3 Å². The minimum absolute atomic E-state index is 0.0266. The summed E-state index contributed by atoms with van der Waals surface area (Å²) in [5.74, 6) is -0.0834. The van der Waals surface area contributed by atoms with Crippen LogP contribution in [0.5, 0.6) is 0 Å². The number of carbonyl (C=O) groups excluding carboxylic acids is 2. The van der Waals surface area contributed by atoms with Crippen LogP contribution in [0.2, 0.25) is 0 Å². The normalized spacial score (nSPS) is 31.0. The van der Waals surface area contributed by atoms with Gasteiger partial charge in [-0.2, -0.15) is 0 Å². The number of rotatable bonds is 3. The Morgan fingerprint density at radius 2 is 2.04 bits per heavy atom. The molecule has 3 aliphatic heterocycles. The third-order valence-corrected chi connectivity index (χ3v) is 7.14. The number of hydrogen-bond acceptors (Lipinski definition) is 3. The fourth-order valence-electron chi connectivity index (χ4n) is 4.94. The van der Waals surface area contributed by atoms with Crippen LogP contribution in [-0.2, 0) is 14.9 Å². The van der Waals surface area contributed by atoms with Gasteiger partial charge >= 0.3 is 0 Å². The van der Waals surface area contributed by atoms with Crippen molar-refractivity contribution in [1.82, 2.24) is 10.2 Å². The second-order valence-corrected chi connectivity index (χ2v) is 9.39. The maximum absolute atomic E-state index is 12.9. The summed E-state index contributed by atoms with van der Waals surface area (Å²) in [6.45, 7) is 1.40. The fourth-order valence-corrected chi connectivity index (χ4v) is 5.30. The molecule has 2 bridgehead atoms. The van der Waals surface area contributed by atoms with Gasteiger partial charge in [0.1, 0.15) is 0 Å². The van der Waals surface area contributed by atoms with Gasteiger partial charge in [0.05, 0.1) is 24.8 Å². The Hall–Kier alpha value is -1.40. The fraction of sp³-hybridized carbons (Fsp3) is 0.600. The second kappa shape index (κ2) is 5.80. The maximum atomic E-state index is 12.9. The Labute approximate surface area is 161 Å². The zero-order valence-electron chi connectivity index (χ0n) is 14.7. The lowest BCUT2D eigenvalue weighted by atomic mass is 9.78. The van der Waals surface area contributed by atoms with Gasteiger partial charge in [0, 0.05) is 22.0 Å². The minimum atomic E-state index is -0.218. The van der Waals surface area contributed by atoms with Crippen LogP contribution in [0.25, 0.3) is 0 Å². The van der Waals surface area contributed by atoms with Crippen molar-refractivity contribution in [3.63, 3.8) is 0 Å². The molecule has 0 unspecified atom stereocenters. The van der Waals surface area contributed by atoms with Crippen molar-refractivity contribution in [1.29, 1.82) is 0 Å². The number of amides is 2. The first kappa shape index (κ1) is 16.8. The smallest absolute Gasteiger partial charge is 0.254 e. The molecule has 3 heterocycles. The Morgan fingerprint density at radius 1 is 1.27 bits per heavy atom. The summed E-state index contributed by atoms with van der Waals surface area (Å²) in [6, 6.07) is 5.88. The zero-order valence-corrected chi connectivity index (χ0v) is 16.3. The number of fused-ring (bicyclic) bond motifs is 5. The first-order chi connectivity index (χ1) is 12.5. The highest BCUT2D eigenvalue weighted by Gasteiger charge is 2.52. The minimum Gasteiger partial charge on any atom is -0.376 e. The molecule has 2 saturated carbocycles. The zero-order chi connectivity index (χ0) is 17.9. The number of ether oxygens (including phenoxy) is 1. The van der Waals surface area contributed by atoms with E-state index in [-0.39, 0.29) is 29.3 Å². The second-order valence-electron chi connectivity index (χ2n) is 8.47. The average molecular weight is 419 g/mol. The van der Waals surface area contributed by atoms with Crippen LogP contribution in [0, 0.1) is 0 Å². The van der Waals surface area contributed by atoms with Crippen molar-refractivity contribution in [2.45, 2.75) is 55.6 Å². The molecule has 1 aromatic rings. The molecule has 2 aliphatic carbocycles. The highest BCUT2D eigenvalue weighted by molar-refractivity contribution is 9.10. The van der Waals surface area contributed by atoms with Crippen molar-refractivity contribution in [2.75, 3.05) is 19.7 Å². The lowest BCUT2D eigenvalue weighted by molar-refractivity contribution is -0.132. The first-order valence-corrected chi connectivity index (χ1v) is 10.3. The van der Waals surface area contributed by atoms with Crippen molar-refractivity contribution in [2.24, 2.45) is 0 Å². The van der Waals surface area contributed by atoms with Gasteiger partial charge in [0.15, 0.2) is 0 Å². The molecule has 1 N–H and O–H groups in total. The molecule has 0 atom stereocenters. The molecule has 2 amide bonds. The van der Waals surface area contributed by atoms with Crippen LogP contribution in [0.1, 0.15) is 54.4 Å². The molecular weight excluding hydrogens is 396 g/mol. The molecule has 4 fully saturated rings. The Kier molecular flexibility index (Phi) is 3.73. The number of halogens is 1. The Morgan fingerprint density at radius 3 is 2.69 bits per heavy atom. The topological polar surface area (TPSA) is 58.6 Å². The summed E-state index contributed by atoms with van der Waals surface area (Å²) >= 11 is 3.52. The van der Waals surface area contributed by atoms with Gasteiger partial charge in [-0.15, -0.1) is 0 Å². The number of benzene rings is 1. The summed E-state index contributed by atoms with van der Waals surface area (Å²) in [5.41, 5.74) is 1.73. The predicted molar refractivity (Wildman–Crippen MR) is 100 cm³/mol. The molecule has 0 aromatic heterocycles. The summed E-state index contributed by atoms with van der Waals surface area (Å²) in [4.78, 5) is 27.4. The van der Waals surface area contributed by atoms with Gasteiger partial charge < -0.3 is 15.0 Å². The van der Waals surface area contributed by atoms with E-state index in [0.717, 1.165) is 54.1 Å². The number of nitrogens with one attached hydrogen (secondary N) is 1.